The van der Waals surface area contributed by atoms with Crippen LogP contribution in [0.15, 0.2) is 18.2 Å². The van der Waals surface area contributed by atoms with Crippen LogP contribution in [0.2, 0.25) is 0 Å². The number of rotatable bonds is 1. The minimum atomic E-state index is 0.758. The summed E-state index contributed by atoms with van der Waals surface area (Å²) in [5, 5.41) is 3.65. The molecular weight excluding hydrogens is 182 g/mol. The van der Waals surface area contributed by atoms with Crippen LogP contribution >= 0.6 is 0 Å². The normalized spacial score (nSPS) is 29.4. The molecule has 1 heterocycles. The number of hydrogen-bond acceptors (Lipinski definition) is 1. The number of nitrogens with one attached hydrogen (secondary N) is 1. The zero-order chi connectivity index (χ0) is 10.3. The third-order valence-electron chi connectivity index (χ3n) is 4.01. The SMILES string of the molecule is Cc1ccc2c(c1)CCC2C1CCCN1. The van der Waals surface area contributed by atoms with Crippen molar-refractivity contribution >= 4 is 0 Å². The molecule has 0 amide bonds. The lowest BCUT2D eigenvalue weighted by atomic mass is 9.92. The number of fused-ring (bicyclic) bond motifs is 1. The molecule has 1 aliphatic heterocycles. The van der Waals surface area contributed by atoms with E-state index < -0.39 is 0 Å². The Morgan fingerprint density at radius 3 is 3.00 bits per heavy atom. The molecule has 2 aliphatic rings. The second-order valence-electron chi connectivity index (χ2n) is 5.05. The fourth-order valence-corrected chi connectivity index (χ4v) is 3.25. The van der Waals surface area contributed by atoms with Crippen LogP contribution in [0.5, 0.6) is 0 Å². The summed E-state index contributed by atoms with van der Waals surface area (Å²) < 4.78 is 0. The van der Waals surface area contributed by atoms with Gasteiger partial charge >= 0.3 is 0 Å². The Morgan fingerprint density at radius 2 is 2.20 bits per heavy atom. The lowest BCUT2D eigenvalue weighted by Crippen LogP contribution is -2.27. The summed E-state index contributed by atoms with van der Waals surface area (Å²) >= 11 is 0. The van der Waals surface area contributed by atoms with Crippen molar-refractivity contribution in [3.05, 3.63) is 34.9 Å². The number of aryl methyl sites for hydroxylation is 2. The largest absolute Gasteiger partial charge is 0.313 e. The lowest BCUT2D eigenvalue weighted by molar-refractivity contribution is 0.486. The summed E-state index contributed by atoms with van der Waals surface area (Å²) in [6, 6.07) is 7.77. The second kappa shape index (κ2) is 3.64. The summed E-state index contributed by atoms with van der Waals surface area (Å²) in [5.41, 5.74) is 4.64. The van der Waals surface area contributed by atoms with Gasteiger partial charge in [-0.25, -0.2) is 0 Å². The highest BCUT2D eigenvalue weighted by Crippen LogP contribution is 2.38. The van der Waals surface area contributed by atoms with Crippen LogP contribution < -0.4 is 5.32 Å². The van der Waals surface area contributed by atoms with Crippen molar-refractivity contribution in [1.29, 1.82) is 0 Å². The highest BCUT2D eigenvalue weighted by molar-refractivity contribution is 5.39. The monoisotopic (exact) mass is 201 g/mol. The maximum absolute atomic E-state index is 3.65. The molecule has 1 aromatic carbocycles. The lowest BCUT2D eigenvalue weighted by Gasteiger charge is -2.19. The Labute approximate surface area is 91.9 Å². The summed E-state index contributed by atoms with van der Waals surface area (Å²) in [5.74, 6) is 0.795. The molecule has 1 aromatic rings. The van der Waals surface area contributed by atoms with Crippen molar-refractivity contribution < 1.29 is 0 Å². The van der Waals surface area contributed by atoms with E-state index in [1.165, 1.54) is 37.8 Å². The van der Waals surface area contributed by atoms with Crippen molar-refractivity contribution in [2.75, 3.05) is 6.54 Å². The zero-order valence-electron chi connectivity index (χ0n) is 9.42. The molecule has 0 radical (unpaired) electrons. The van der Waals surface area contributed by atoms with E-state index in [0.717, 1.165) is 12.0 Å². The van der Waals surface area contributed by atoms with E-state index in [1.807, 2.05) is 0 Å². The molecular formula is C14H19N. The van der Waals surface area contributed by atoms with E-state index >= 15 is 0 Å². The fourth-order valence-electron chi connectivity index (χ4n) is 3.25. The maximum atomic E-state index is 3.65. The first-order valence-electron chi connectivity index (χ1n) is 6.17. The zero-order valence-corrected chi connectivity index (χ0v) is 9.42. The quantitative estimate of drug-likeness (QED) is 0.736. The van der Waals surface area contributed by atoms with E-state index in [1.54, 1.807) is 11.1 Å². The fraction of sp³-hybridized carbons (Fsp3) is 0.571. The van der Waals surface area contributed by atoms with Crippen LogP contribution in [0.25, 0.3) is 0 Å². The topological polar surface area (TPSA) is 12.0 Å². The van der Waals surface area contributed by atoms with Gasteiger partial charge in [0.25, 0.3) is 0 Å². The molecule has 0 bridgehead atoms. The van der Waals surface area contributed by atoms with Crippen LogP contribution in [-0.2, 0) is 6.42 Å². The molecule has 0 saturated carbocycles. The molecule has 15 heavy (non-hydrogen) atoms. The highest BCUT2D eigenvalue weighted by atomic mass is 14.9. The van der Waals surface area contributed by atoms with Gasteiger partial charge in [-0.2, -0.15) is 0 Å². The predicted octanol–water partition coefficient (Wildman–Crippen LogP) is 2.78. The molecule has 1 nitrogen and oxygen atoms in total. The van der Waals surface area contributed by atoms with E-state index in [4.69, 9.17) is 0 Å². The summed E-state index contributed by atoms with van der Waals surface area (Å²) in [6.45, 7) is 3.42. The van der Waals surface area contributed by atoms with Crippen molar-refractivity contribution in [3.8, 4) is 0 Å². The molecule has 3 rings (SSSR count). The van der Waals surface area contributed by atoms with Gasteiger partial charge in [0, 0.05) is 6.04 Å². The number of benzene rings is 1. The molecule has 1 saturated heterocycles. The standard InChI is InChI=1S/C14H19N/c1-10-4-6-12-11(9-10)5-7-13(12)14-3-2-8-15-14/h4,6,9,13-15H,2-3,5,7-8H2,1H3. The van der Waals surface area contributed by atoms with E-state index in [2.05, 4.69) is 30.4 Å². The van der Waals surface area contributed by atoms with Gasteiger partial charge in [0.15, 0.2) is 0 Å². The van der Waals surface area contributed by atoms with Crippen molar-refractivity contribution in [3.63, 3.8) is 0 Å². The van der Waals surface area contributed by atoms with Crippen LogP contribution in [0.3, 0.4) is 0 Å². The van der Waals surface area contributed by atoms with Crippen LogP contribution in [0.1, 0.15) is 41.9 Å². The summed E-state index contributed by atoms with van der Waals surface area (Å²) in [4.78, 5) is 0. The summed E-state index contributed by atoms with van der Waals surface area (Å²) in [6.07, 6.45) is 5.39. The van der Waals surface area contributed by atoms with Gasteiger partial charge in [-0.3, -0.25) is 0 Å². The third kappa shape index (κ3) is 1.59. The van der Waals surface area contributed by atoms with Crippen LogP contribution in [-0.4, -0.2) is 12.6 Å². The average Bonchev–Trinajstić information content (AvgIpc) is 2.82. The van der Waals surface area contributed by atoms with Crippen LogP contribution in [0, 0.1) is 6.92 Å². The van der Waals surface area contributed by atoms with Crippen molar-refractivity contribution in [2.45, 2.75) is 44.6 Å². The van der Waals surface area contributed by atoms with E-state index in [9.17, 15) is 0 Å². The predicted molar refractivity (Wildman–Crippen MR) is 63.3 cm³/mol. The minimum absolute atomic E-state index is 0.758. The highest BCUT2D eigenvalue weighted by Gasteiger charge is 2.30. The molecule has 2 unspecified atom stereocenters. The molecule has 80 valence electrons. The van der Waals surface area contributed by atoms with Gasteiger partial charge in [-0.15, -0.1) is 0 Å². The Balaban J connectivity index is 1.90. The molecule has 1 N–H and O–H groups in total. The second-order valence-corrected chi connectivity index (χ2v) is 5.05. The molecule has 1 fully saturated rings. The summed E-state index contributed by atoms with van der Waals surface area (Å²) in [7, 11) is 0. The van der Waals surface area contributed by atoms with E-state index in [-0.39, 0.29) is 0 Å². The Kier molecular flexibility index (Phi) is 2.28. The van der Waals surface area contributed by atoms with Crippen LogP contribution in [0.4, 0.5) is 0 Å². The first kappa shape index (κ1) is 9.41. The Hall–Kier alpha value is -0.820. The van der Waals surface area contributed by atoms with Gasteiger partial charge in [-0.05, 0) is 56.2 Å². The maximum Gasteiger partial charge on any atom is 0.0136 e. The van der Waals surface area contributed by atoms with Crippen molar-refractivity contribution in [2.24, 2.45) is 0 Å². The van der Waals surface area contributed by atoms with Gasteiger partial charge in [-0.1, -0.05) is 23.8 Å². The van der Waals surface area contributed by atoms with Crippen molar-refractivity contribution in [1.82, 2.24) is 5.32 Å². The minimum Gasteiger partial charge on any atom is -0.313 e. The molecule has 0 aromatic heterocycles. The first-order valence-corrected chi connectivity index (χ1v) is 6.17. The van der Waals surface area contributed by atoms with Gasteiger partial charge in [0.1, 0.15) is 0 Å². The molecule has 1 heteroatoms. The Bertz CT molecular complexity index is 364. The first-order chi connectivity index (χ1) is 7.34. The molecule has 0 spiro atoms. The number of hydrogen-bond donors (Lipinski definition) is 1. The Morgan fingerprint density at radius 1 is 1.27 bits per heavy atom. The third-order valence-corrected chi connectivity index (χ3v) is 4.01. The average molecular weight is 201 g/mol. The van der Waals surface area contributed by atoms with Gasteiger partial charge < -0.3 is 5.32 Å². The molecule has 1 aliphatic carbocycles. The molecule has 2 atom stereocenters. The van der Waals surface area contributed by atoms with Gasteiger partial charge in [0.05, 0.1) is 0 Å². The van der Waals surface area contributed by atoms with Gasteiger partial charge in [0.2, 0.25) is 0 Å². The smallest absolute Gasteiger partial charge is 0.0136 e. The van der Waals surface area contributed by atoms with E-state index in [0.29, 0.717) is 0 Å².